The zero-order valence-corrected chi connectivity index (χ0v) is 9.16. The summed E-state index contributed by atoms with van der Waals surface area (Å²) in [6, 6.07) is 5.84. The Balaban J connectivity index is 2.43. The smallest absolute Gasteiger partial charge is 0.313 e. The van der Waals surface area contributed by atoms with Crippen molar-refractivity contribution in [2.75, 3.05) is 11.6 Å². The van der Waals surface area contributed by atoms with E-state index in [0.717, 1.165) is 11.9 Å². The molecule has 2 rings (SSSR count). The van der Waals surface area contributed by atoms with E-state index < -0.39 is 0 Å². The van der Waals surface area contributed by atoms with Crippen LogP contribution in [0, 0.1) is 0 Å². The number of fused-ring (bicyclic) bond motifs is 1. The van der Waals surface area contributed by atoms with Crippen molar-refractivity contribution in [2.45, 2.75) is 13.3 Å². The maximum atomic E-state index is 5.96. The van der Waals surface area contributed by atoms with Gasteiger partial charge in [0.05, 0.1) is 5.02 Å². The van der Waals surface area contributed by atoms with Gasteiger partial charge in [-0.3, -0.25) is 5.01 Å². The highest BCUT2D eigenvalue weighted by Crippen LogP contribution is 2.26. The van der Waals surface area contributed by atoms with Gasteiger partial charge in [-0.05, 0) is 18.6 Å². The SMILES string of the molecule is CCCN(N)c1nc2cccc(Cl)c2o1. The van der Waals surface area contributed by atoms with Crippen LogP contribution in [0.3, 0.4) is 0 Å². The Bertz CT molecular complexity index is 469. The van der Waals surface area contributed by atoms with Crippen LogP contribution < -0.4 is 10.9 Å². The molecule has 0 atom stereocenters. The topological polar surface area (TPSA) is 55.3 Å². The zero-order valence-electron chi connectivity index (χ0n) is 8.40. The summed E-state index contributed by atoms with van der Waals surface area (Å²) < 4.78 is 5.47. The first-order valence-electron chi connectivity index (χ1n) is 4.79. The largest absolute Gasteiger partial charge is 0.421 e. The first kappa shape index (κ1) is 10.3. The molecule has 0 aliphatic carbocycles. The molecule has 2 N–H and O–H groups in total. The summed E-state index contributed by atoms with van der Waals surface area (Å²) in [5, 5.41) is 2.03. The molecular formula is C10H12ClN3O. The molecule has 2 aromatic rings. The summed E-state index contributed by atoms with van der Waals surface area (Å²) in [7, 11) is 0. The molecule has 0 radical (unpaired) electrons. The number of anilines is 1. The fourth-order valence-electron chi connectivity index (χ4n) is 1.36. The van der Waals surface area contributed by atoms with Crippen molar-refractivity contribution in [1.29, 1.82) is 0 Å². The van der Waals surface area contributed by atoms with E-state index in [1.54, 1.807) is 6.07 Å². The second-order valence-corrected chi connectivity index (χ2v) is 3.69. The van der Waals surface area contributed by atoms with Gasteiger partial charge in [0.15, 0.2) is 5.58 Å². The summed E-state index contributed by atoms with van der Waals surface area (Å²) in [4.78, 5) is 4.24. The Morgan fingerprint density at radius 1 is 1.53 bits per heavy atom. The summed E-state index contributed by atoms with van der Waals surface area (Å²) >= 11 is 5.96. The number of aromatic nitrogens is 1. The van der Waals surface area contributed by atoms with E-state index in [2.05, 4.69) is 4.98 Å². The van der Waals surface area contributed by atoms with Gasteiger partial charge in [0, 0.05) is 6.54 Å². The van der Waals surface area contributed by atoms with Gasteiger partial charge in [-0.1, -0.05) is 24.6 Å². The van der Waals surface area contributed by atoms with E-state index in [-0.39, 0.29) is 0 Å². The van der Waals surface area contributed by atoms with Crippen LogP contribution >= 0.6 is 11.6 Å². The van der Waals surface area contributed by atoms with Gasteiger partial charge >= 0.3 is 6.01 Å². The summed E-state index contributed by atoms with van der Waals surface area (Å²) in [6.07, 6.45) is 0.933. The summed E-state index contributed by atoms with van der Waals surface area (Å²) in [6.45, 7) is 2.74. The number of para-hydroxylation sites is 1. The average Bonchev–Trinajstić information content (AvgIpc) is 2.63. The van der Waals surface area contributed by atoms with E-state index in [0.29, 0.717) is 23.2 Å². The maximum Gasteiger partial charge on any atom is 0.313 e. The maximum absolute atomic E-state index is 5.96. The van der Waals surface area contributed by atoms with Crippen LogP contribution in [0.4, 0.5) is 6.01 Å². The van der Waals surface area contributed by atoms with Crippen molar-refractivity contribution in [3.05, 3.63) is 23.2 Å². The molecule has 0 aliphatic heterocycles. The molecule has 0 saturated heterocycles. The normalized spacial score (nSPS) is 10.9. The lowest BCUT2D eigenvalue weighted by Crippen LogP contribution is -2.31. The first-order valence-corrected chi connectivity index (χ1v) is 5.17. The van der Waals surface area contributed by atoms with Crippen molar-refractivity contribution in [1.82, 2.24) is 4.98 Å². The Morgan fingerprint density at radius 2 is 2.33 bits per heavy atom. The second kappa shape index (κ2) is 4.08. The van der Waals surface area contributed by atoms with Gasteiger partial charge < -0.3 is 4.42 Å². The molecule has 0 unspecified atom stereocenters. The van der Waals surface area contributed by atoms with E-state index in [4.69, 9.17) is 21.9 Å². The number of hydrogen-bond acceptors (Lipinski definition) is 4. The Kier molecular flexibility index (Phi) is 2.79. The average molecular weight is 226 g/mol. The van der Waals surface area contributed by atoms with Crippen LogP contribution in [-0.4, -0.2) is 11.5 Å². The lowest BCUT2D eigenvalue weighted by Gasteiger charge is -2.11. The molecule has 1 aromatic carbocycles. The molecule has 1 heterocycles. The van der Waals surface area contributed by atoms with E-state index in [9.17, 15) is 0 Å². The molecule has 4 nitrogen and oxygen atoms in total. The van der Waals surface area contributed by atoms with Crippen LogP contribution in [-0.2, 0) is 0 Å². The number of nitrogens with zero attached hydrogens (tertiary/aromatic N) is 2. The monoisotopic (exact) mass is 225 g/mol. The van der Waals surface area contributed by atoms with Gasteiger partial charge in [0.2, 0.25) is 0 Å². The predicted octanol–water partition coefficient (Wildman–Crippen LogP) is 2.57. The lowest BCUT2D eigenvalue weighted by atomic mass is 10.3. The summed E-state index contributed by atoms with van der Waals surface area (Å²) in [5.41, 5.74) is 1.31. The minimum atomic E-state index is 0.403. The zero-order chi connectivity index (χ0) is 10.8. The second-order valence-electron chi connectivity index (χ2n) is 3.28. The van der Waals surface area contributed by atoms with Crippen LogP contribution in [0.15, 0.2) is 22.6 Å². The van der Waals surface area contributed by atoms with Crippen LogP contribution in [0.5, 0.6) is 0 Å². The third-order valence-electron chi connectivity index (χ3n) is 2.07. The van der Waals surface area contributed by atoms with E-state index >= 15 is 0 Å². The van der Waals surface area contributed by atoms with Crippen LogP contribution in [0.1, 0.15) is 13.3 Å². The molecule has 15 heavy (non-hydrogen) atoms. The van der Waals surface area contributed by atoms with Gasteiger partial charge in [-0.25, -0.2) is 5.84 Å². The fraction of sp³-hybridized carbons (Fsp3) is 0.300. The summed E-state index contributed by atoms with van der Waals surface area (Å²) in [5.74, 6) is 5.75. The quantitative estimate of drug-likeness (QED) is 0.644. The number of oxazole rings is 1. The number of nitrogens with two attached hydrogens (primary N) is 1. The third-order valence-corrected chi connectivity index (χ3v) is 2.36. The standard InChI is InChI=1S/C10H12ClN3O/c1-2-6-14(12)10-13-8-5-3-4-7(11)9(8)15-10/h3-5H,2,6,12H2,1H3. The molecule has 0 bridgehead atoms. The first-order chi connectivity index (χ1) is 7.22. The van der Waals surface area contributed by atoms with Crippen molar-refractivity contribution in [3.63, 3.8) is 0 Å². The highest BCUT2D eigenvalue weighted by Gasteiger charge is 2.11. The Labute approximate surface area is 92.6 Å². The predicted molar refractivity (Wildman–Crippen MR) is 60.8 cm³/mol. The minimum absolute atomic E-state index is 0.403. The molecular weight excluding hydrogens is 214 g/mol. The van der Waals surface area contributed by atoms with Gasteiger partial charge in [0.1, 0.15) is 5.52 Å². The molecule has 0 spiro atoms. The highest BCUT2D eigenvalue weighted by atomic mass is 35.5. The molecule has 80 valence electrons. The molecule has 5 heteroatoms. The molecule has 0 fully saturated rings. The lowest BCUT2D eigenvalue weighted by molar-refractivity contribution is 0.569. The third kappa shape index (κ3) is 1.91. The Hall–Kier alpha value is -1.26. The van der Waals surface area contributed by atoms with Crippen molar-refractivity contribution in [2.24, 2.45) is 5.84 Å². The van der Waals surface area contributed by atoms with Crippen molar-refractivity contribution in [3.8, 4) is 0 Å². The van der Waals surface area contributed by atoms with Crippen molar-refractivity contribution >= 4 is 28.7 Å². The number of hydrogen-bond donors (Lipinski definition) is 1. The number of rotatable bonds is 3. The highest BCUT2D eigenvalue weighted by molar-refractivity contribution is 6.34. The fourth-order valence-corrected chi connectivity index (χ4v) is 1.57. The van der Waals surface area contributed by atoms with Crippen molar-refractivity contribution < 1.29 is 4.42 Å². The number of hydrazine groups is 1. The van der Waals surface area contributed by atoms with Gasteiger partial charge in [-0.2, -0.15) is 4.98 Å². The molecule has 0 aliphatic rings. The number of benzene rings is 1. The van der Waals surface area contributed by atoms with Gasteiger partial charge in [0.25, 0.3) is 0 Å². The molecule has 1 aromatic heterocycles. The van der Waals surface area contributed by atoms with Gasteiger partial charge in [-0.15, -0.1) is 0 Å². The number of halogens is 1. The van der Waals surface area contributed by atoms with Crippen LogP contribution in [0.2, 0.25) is 5.02 Å². The molecule has 0 amide bonds. The van der Waals surface area contributed by atoms with E-state index in [1.165, 1.54) is 5.01 Å². The van der Waals surface area contributed by atoms with E-state index in [1.807, 2.05) is 19.1 Å². The Morgan fingerprint density at radius 3 is 3.00 bits per heavy atom. The molecule has 0 saturated carbocycles. The minimum Gasteiger partial charge on any atom is -0.421 e. The van der Waals surface area contributed by atoms with Crippen LogP contribution in [0.25, 0.3) is 11.1 Å².